The Morgan fingerprint density at radius 2 is 1.48 bits per heavy atom. The van der Waals surface area contributed by atoms with Gasteiger partial charge in [-0.1, -0.05) is 54.6 Å². The number of hydrogen-bond donors (Lipinski definition) is 1. The van der Waals surface area contributed by atoms with Crippen LogP contribution in [0.25, 0.3) is 11.1 Å². The molecule has 2 aromatic carbocycles. The van der Waals surface area contributed by atoms with Crippen molar-refractivity contribution in [2.45, 2.75) is 6.04 Å². The summed E-state index contributed by atoms with van der Waals surface area (Å²) < 4.78 is 12.9. The number of nitrogens with zero attached hydrogens (tertiary/aromatic N) is 1. The molecular weight excluding hydrogens is 263 g/mol. The summed E-state index contributed by atoms with van der Waals surface area (Å²) in [6, 6.07) is 20.8. The number of halogens is 1. The van der Waals surface area contributed by atoms with E-state index in [0.29, 0.717) is 5.69 Å². The van der Waals surface area contributed by atoms with Crippen LogP contribution in [0.1, 0.15) is 17.3 Å². The summed E-state index contributed by atoms with van der Waals surface area (Å²) in [5, 5.41) is 0. The van der Waals surface area contributed by atoms with E-state index in [1.165, 1.54) is 12.3 Å². The molecule has 0 fully saturated rings. The molecule has 0 aliphatic rings. The minimum absolute atomic E-state index is 0.351. The van der Waals surface area contributed by atoms with E-state index in [4.69, 9.17) is 5.73 Å². The number of nitrogens with two attached hydrogens (primary N) is 1. The van der Waals surface area contributed by atoms with Gasteiger partial charge in [-0.2, -0.15) is 0 Å². The first-order chi connectivity index (χ1) is 10.2. The maximum atomic E-state index is 12.9. The molecule has 1 atom stereocenters. The Balaban J connectivity index is 1.85. The fourth-order valence-corrected chi connectivity index (χ4v) is 2.26. The summed E-state index contributed by atoms with van der Waals surface area (Å²) in [6.07, 6.45) is 1.19. The molecule has 2 N–H and O–H groups in total. The van der Waals surface area contributed by atoms with Crippen LogP contribution in [0.3, 0.4) is 0 Å². The smallest absolute Gasteiger partial charge is 0.141 e. The summed E-state index contributed by atoms with van der Waals surface area (Å²) in [5.74, 6) is -0.356. The molecule has 0 saturated carbocycles. The van der Waals surface area contributed by atoms with Crippen LogP contribution in [-0.4, -0.2) is 4.98 Å². The molecule has 0 aliphatic carbocycles. The topological polar surface area (TPSA) is 38.9 Å². The lowest BCUT2D eigenvalue weighted by Gasteiger charge is -2.12. The van der Waals surface area contributed by atoms with Gasteiger partial charge in [0.1, 0.15) is 5.82 Å². The van der Waals surface area contributed by atoms with E-state index in [9.17, 15) is 4.39 Å². The molecule has 3 aromatic rings. The minimum atomic E-state index is -0.356. The molecule has 2 nitrogen and oxygen atoms in total. The molecular formula is C18H15FN2. The third kappa shape index (κ3) is 2.98. The number of aromatic nitrogens is 1. The Morgan fingerprint density at radius 3 is 2.10 bits per heavy atom. The van der Waals surface area contributed by atoms with Gasteiger partial charge in [-0.25, -0.2) is 4.39 Å². The van der Waals surface area contributed by atoms with Crippen LogP contribution in [-0.2, 0) is 0 Å². The van der Waals surface area contributed by atoms with Crippen LogP contribution in [0.5, 0.6) is 0 Å². The number of benzene rings is 2. The first-order valence-electron chi connectivity index (χ1n) is 6.76. The molecule has 21 heavy (non-hydrogen) atoms. The van der Waals surface area contributed by atoms with E-state index in [2.05, 4.69) is 17.1 Å². The van der Waals surface area contributed by atoms with Crippen molar-refractivity contribution < 1.29 is 4.39 Å². The van der Waals surface area contributed by atoms with E-state index >= 15 is 0 Å². The highest BCUT2D eigenvalue weighted by atomic mass is 19.1. The number of pyridine rings is 1. The molecule has 3 heteroatoms. The molecule has 0 spiro atoms. The van der Waals surface area contributed by atoms with Gasteiger partial charge in [-0.05, 0) is 28.8 Å². The molecule has 3 rings (SSSR count). The zero-order valence-corrected chi connectivity index (χ0v) is 11.4. The van der Waals surface area contributed by atoms with Crippen molar-refractivity contribution in [1.82, 2.24) is 4.98 Å². The third-order valence-corrected chi connectivity index (χ3v) is 3.45. The van der Waals surface area contributed by atoms with Crippen LogP contribution in [0.2, 0.25) is 0 Å². The van der Waals surface area contributed by atoms with E-state index in [1.54, 1.807) is 6.07 Å². The van der Waals surface area contributed by atoms with Gasteiger partial charge in [0.2, 0.25) is 0 Å². The number of hydrogen-bond acceptors (Lipinski definition) is 2. The second-order valence-corrected chi connectivity index (χ2v) is 4.87. The predicted molar refractivity (Wildman–Crippen MR) is 82.1 cm³/mol. The molecule has 1 heterocycles. The SMILES string of the molecule is NC(c1ccc(-c2ccccc2)cc1)c1ccc(F)cn1. The largest absolute Gasteiger partial charge is 0.319 e. The molecule has 0 bridgehead atoms. The van der Waals surface area contributed by atoms with Crippen molar-refractivity contribution in [2.24, 2.45) is 5.73 Å². The lowest BCUT2D eigenvalue weighted by molar-refractivity contribution is 0.617. The summed E-state index contributed by atoms with van der Waals surface area (Å²) >= 11 is 0. The zero-order valence-electron chi connectivity index (χ0n) is 11.4. The second kappa shape index (κ2) is 5.85. The lowest BCUT2D eigenvalue weighted by Crippen LogP contribution is -2.13. The Hall–Kier alpha value is -2.52. The molecule has 0 aliphatic heterocycles. The van der Waals surface area contributed by atoms with Crippen molar-refractivity contribution in [2.75, 3.05) is 0 Å². The van der Waals surface area contributed by atoms with Gasteiger partial charge in [-0.15, -0.1) is 0 Å². The van der Waals surface area contributed by atoms with Gasteiger partial charge in [0.15, 0.2) is 0 Å². The summed E-state index contributed by atoms with van der Waals surface area (Å²) in [4.78, 5) is 4.04. The normalized spacial score (nSPS) is 12.1. The first kappa shape index (κ1) is 13.5. The predicted octanol–water partition coefficient (Wildman–Crippen LogP) is 3.94. The lowest BCUT2D eigenvalue weighted by atomic mass is 9.99. The highest BCUT2D eigenvalue weighted by molar-refractivity contribution is 5.63. The van der Waals surface area contributed by atoms with Gasteiger partial charge in [0.25, 0.3) is 0 Å². The Labute approximate surface area is 123 Å². The fourth-order valence-electron chi connectivity index (χ4n) is 2.26. The van der Waals surface area contributed by atoms with E-state index < -0.39 is 0 Å². The third-order valence-electron chi connectivity index (χ3n) is 3.45. The minimum Gasteiger partial charge on any atom is -0.319 e. The fraction of sp³-hybridized carbons (Fsp3) is 0.0556. The van der Waals surface area contributed by atoms with Crippen LogP contribution in [0, 0.1) is 5.82 Å². The quantitative estimate of drug-likeness (QED) is 0.788. The van der Waals surface area contributed by atoms with Crippen molar-refractivity contribution in [1.29, 1.82) is 0 Å². The maximum absolute atomic E-state index is 12.9. The van der Waals surface area contributed by atoms with Crippen LogP contribution < -0.4 is 5.73 Å². The first-order valence-corrected chi connectivity index (χ1v) is 6.76. The van der Waals surface area contributed by atoms with Crippen LogP contribution >= 0.6 is 0 Å². The Morgan fingerprint density at radius 1 is 0.810 bits per heavy atom. The van der Waals surface area contributed by atoms with Gasteiger partial charge in [0, 0.05) is 0 Å². The summed E-state index contributed by atoms with van der Waals surface area (Å²) in [5.41, 5.74) is 10.1. The van der Waals surface area contributed by atoms with Crippen molar-refractivity contribution in [3.05, 3.63) is 90.0 Å². The molecule has 104 valence electrons. The van der Waals surface area contributed by atoms with Crippen LogP contribution in [0.15, 0.2) is 72.9 Å². The molecule has 0 amide bonds. The van der Waals surface area contributed by atoms with Crippen molar-refractivity contribution in [3.63, 3.8) is 0 Å². The number of rotatable bonds is 3. The molecule has 1 aromatic heterocycles. The second-order valence-electron chi connectivity index (χ2n) is 4.87. The summed E-state index contributed by atoms with van der Waals surface area (Å²) in [6.45, 7) is 0. The van der Waals surface area contributed by atoms with E-state index in [0.717, 1.165) is 16.7 Å². The molecule has 0 radical (unpaired) electrons. The van der Waals surface area contributed by atoms with Gasteiger partial charge in [-0.3, -0.25) is 4.98 Å². The highest BCUT2D eigenvalue weighted by Gasteiger charge is 2.10. The zero-order chi connectivity index (χ0) is 14.7. The highest BCUT2D eigenvalue weighted by Crippen LogP contribution is 2.23. The van der Waals surface area contributed by atoms with Crippen LogP contribution in [0.4, 0.5) is 4.39 Å². The van der Waals surface area contributed by atoms with Crippen molar-refractivity contribution >= 4 is 0 Å². The van der Waals surface area contributed by atoms with Crippen molar-refractivity contribution in [3.8, 4) is 11.1 Å². The molecule has 0 saturated heterocycles. The van der Waals surface area contributed by atoms with E-state index in [-0.39, 0.29) is 11.9 Å². The standard InChI is InChI=1S/C18H15FN2/c19-16-10-11-17(21-12-16)18(20)15-8-6-14(7-9-15)13-4-2-1-3-5-13/h1-12,18H,20H2. The van der Waals surface area contributed by atoms with E-state index in [1.807, 2.05) is 42.5 Å². The van der Waals surface area contributed by atoms with Gasteiger partial charge in [0.05, 0.1) is 17.9 Å². The van der Waals surface area contributed by atoms with Gasteiger partial charge < -0.3 is 5.73 Å². The Kier molecular flexibility index (Phi) is 3.75. The maximum Gasteiger partial charge on any atom is 0.141 e. The monoisotopic (exact) mass is 278 g/mol. The average molecular weight is 278 g/mol. The summed E-state index contributed by atoms with van der Waals surface area (Å²) in [7, 11) is 0. The average Bonchev–Trinajstić information content (AvgIpc) is 2.56. The Bertz CT molecular complexity index is 706. The molecule has 1 unspecified atom stereocenters. The van der Waals surface area contributed by atoms with Gasteiger partial charge >= 0.3 is 0 Å².